The Labute approximate surface area is 117 Å². The fourth-order valence-electron chi connectivity index (χ4n) is 1.89. The van der Waals surface area contributed by atoms with Crippen LogP contribution in [0.4, 0.5) is 0 Å². The molecular weight excluding hydrogens is 292 g/mol. The monoisotopic (exact) mass is 312 g/mol. The number of halogens is 1. The Bertz CT molecular complexity index is 380. The van der Waals surface area contributed by atoms with Crippen LogP contribution >= 0.6 is 15.9 Å². The summed E-state index contributed by atoms with van der Waals surface area (Å²) in [4.78, 5) is 0. The minimum atomic E-state index is 0.816. The molecule has 1 aliphatic rings. The van der Waals surface area contributed by atoms with Gasteiger partial charge in [-0.3, -0.25) is 0 Å². The first-order valence-electron chi connectivity index (χ1n) is 6.56. The van der Waals surface area contributed by atoms with Crippen LogP contribution in [-0.2, 0) is 6.54 Å². The van der Waals surface area contributed by atoms with Gasteiger partial charge >= 0.3 is 0 Å². The Hall–Kier alpha value is -0.580. The van der Waals surface area contributed by atoms with Gasteiger partial charge in [0.2, 0.25) is 0 Å². The first kappa shape index (κ1) is 13.8. The number of rotatable bonds is 8. The second-order valence-electron chi connectivity index (χ2n) is 4.71. The topological polar surface area (TPSA) is 33.3 Å². The third-order valence-corrected chi connectivity index (χ3v) is 3.60. The highest BCUT2D eigenvalue weighted by Gasteiger charge is 2.19. The van der Waals surface area contributed by atoms with Gasteiger partial charge in [0.15, 0.2) is 0 Å². The van der Waals surface area contributed by atoms with Crippen LogP contribution in [0.5, 0.6) is 5.75 Å². The quantitative estimate of drug-likeness (QED) is 0.724. The smallest absolute Gasteiger partial charge is 0.124 e. The Kier molecular flexibility index (Phi) is 5.47. The predicted molar refractivity (Wildman–Crippen MR) is 78.0 cm³/mol. The molecule has 4 heteroatoms. The minimum Gasteiger partial charge on any atom is -0.496 e. The van der Waals surface area contributed by atoms with Gasteiger partial charge < -0.3 is 15.4 Å². The van der Waals surface area contributed by atoms with E-state index in [1.54, 1.807) is 7.11 Å². The van der Waals surface area contributed by atoms with Crippen molar-refractivity contribution in [2.24, 2.45) is 0 Å². The van der Waals surface area contributed by atoms with Crippen molar-refractivity contribution in [3.63, 3.8) is 0 Å². The van der Waals surface area contributed by atoms with Gasteiger partial charge in [-0.1, -0.05) is 22.0 Å². The van der Waals surface area contributed by atoms with E-state index in [-0.39, 0.29) is 0 Å². The largest absolute Gasteiger partial charge is 0.496 e. The summed E-state index contributed by atoms with van der Waals surface area (Å²) in [6, 6.07) is 6.97. The molecule has 1 aliphatic carbocycles. The molecule has 0 bridgehead atoms. The highest BCUT2D eigenvalue weighted by atomic mass is 79.9. The molecule has 0 saturated heterocycles. The number of ether oxygens (including phenoxy) is 1. The third-order valence-electron chi connectivity index (χ3n) is 3.11. The highest BCUT2D eigenvalue weighted by molar-refractivity contribution is 9.10. The molecule has 0 aromatic heterocycles. The molecule has 0 radical (unpaired) electrons. The maximum absolute atomic E-state index is 5.36. The van der Waals surface area contributed by atoms with Crippen molar-refractivity contribution in [1.29, 1.82) is 0 Å². The Morgan fingerprint density at radius 1 is 1.33 bits per heavy atom. The van der Waals surface area contributed by atoms with Crippen molar-refractivity contribution in [2.75, 3.05) is 20.2 Å². The zero-order valence-electron chi connectivity index (χ0n) is 10.8. The van der Waals surface area contributed by atoms with Crippen LogP contribution in [0.2, 0.25) is 0 Å². The van der Waals surface area contributed by atoms with Crippen molar-refractivity contribution in [3.05, 3.63) is 28.2 Å². The van der Waals surface area contributed by atoms with Crippen molar-refractivity contribution in [2.45, 2.75) is 31.8 Å². The maximum atomic E-state index is 5.36. The minimum absolute atomic E-state index is 0.816. The van der Waals surface area contributed by atoms with E-state index in [0.717, 1.165) is 35.9 Å². The molecule has 2 rings (SSSR count). The van der Waals surface area contributed by atoms with Crippen molar-refractivity contribution >= 4 is 15.9 Å². The SMILES string of the molecule is COc1cc(Br)ccc1CNCCCNC1CC1. The van der Waals surface area contributed by atoms with Crippen LogP contribution in [0, 0.1) is 0 Å². The van der Waals surface area contributed by atoms with Gasteiger partial charge in [0, 0.05) is 22.6 Å². The Morgan fingerprint density at radius 3 is 2.89 bits per heavy atom. The van der Waals surface area contributed by atoms with E-state index in [2.05, 4.69) is 32.6 Å². The van der Waals surface area contributed by atoms with Gasteiger partial charge in [0.05, 0.1) is 7.11 Å². The maximum Gasteiger partial charge on any atom is 0.124 e. The lowest BCUT2D eigenvalue weighted by Gasteiger charge is -2.10. The summed E-state index contributed by atoms with van der Waals surface area (Å²) in [7, 11) is 1.71. The van der Waals surface area contributed by atoms with E-state index in [1.165, 1.54) is 24.8 Å². The van der Waals surface area contributed by atoms with Crippen molar-refractivity contribution in [1.82, 2.24) is 10.6 Å². The number of benzene rings is 1. The first-order chi connectivity index (χ1) is 8.79. The van der Waals surface area contributed by atoms with Crippen LogP contribution < -0.4 is 15.4 Å². The second kappa shape index (κ2) is 7.12. The fraction of sp³-hybridized carbons (Fsp3) is 0.571. The lowest BCUT2D eigenvalue weighted by Crippen LogP contribution is -2.23. The van der Waals surface area contributed by atoms with E-state index in [4.69, 9.17) is 4.74 Å². The van der Waals surface area contributed by atoms with Gasteiger partial charge in [0.25, 0.3) is 0 Å². The Morgan fingerprint density at radius 2 is 2.17 bits per heavy atom. The van der Waals surface area contributed by atoms with Gasteiger partial charge in [0.1, 0.15) is 5.75 Å². The molecule has 3 nitrogen and oxygen atoms in total. The zero-order valence-corrected chi connectivity index (χ0v) is 12.4. The average Bonchev–Trinajstić information content (AvgIpc) is 3.19. The lowest BCUT2D eigenvalue weighted by molar-refractivity contribution is 0.407. The summed E-state index contributed by atoms with van der Waals surface area (Å²) in [5.74, 6) is 0.938. The third kappa shape index (κ3) is 4.59. The van der Waals surface area contributed by atoms with Crippen LogP contribution in [0.1, 0.15) is 24.8 Å². The average molecular weight is 313 g/mol. The highest BCUT2D eigenvalue weighted by Crippen LogP contribution is 2.23. The van der Waals surface area contributed by atoms with Crippen LogP contribution in [-0.4, -0.2) is 26.2 Å². The second-order valence-corrected chi connectivity index (χ2v) is 5.63. The fourth-order valence-corrected chi connectivity index (χ4v) is 2.23. The molecule has 0 aliphatic heterocycles. The van der Waals surface area contributed by atoms with Gasteiger partial charge in [-0.15, -0.1) is 0 Å². The number of hydrogen-bond acceptors (Lipinski definition) is 3. The van der Waals surface area contributed by atoms with Gasteiger partial charge in [-0.2, -0.15) is 0 Å². The summed E-state index contributed by atoms with van der Waals surface area (Å²) in [5.41, 5.74) is 1.20. The molecule has 100 valence electrons. The van der Waals surface area contributed by atoms with E-state index >= 15 is 0 Å². The molecule has 18 heavy (non-hydrogen) atoms. The summed E-state index contributed by atoms with van der Waals surface area (Å²) < 4.78 is 6.41. The molecule has 1 aromatic rings. The molecule has 0 spiro atoms. The summed E-state index contributed by atoms with van der Waals surface area (Å²) in [6.45, 7) is 3.02. The van der Waals surface area contributed by atoms with Crippen LogP contribution in [0.15, 0.2) is 22.7 Å². The normalized spacial score (nSPS) is 14.8. The van der Waals surface area contributed by atoms with E-state index in [1.807, 2.05) is 12.1 Å². The standard InChI is InChI=1S/C14H21BrN2O/c1-18-14-9-12(15)4-3-11(14)10-16-7-2-8-17-13-5-6-13/h3-4,9,13,16-17H,2,5-8,10H2,1H3. The molecule has 2 N–H and O–H groups in total. The molecular formula is C14H21BrN2O. The Balaban J connectivity index is 1.65. The van der Waals surface area contributed by atoms with Crippen molar-refractivity contribution < 1.29 is 4.74 Å². The van der Waals surface area contributed by atoms with Gasteiger partial charge in [-0.05, 0) is 44.5 Å². The first-order valence-corrected chi connectivity index (χ1v) is 7.35. The van der Waals surface area contributed by atoms with Crippen molar-refractivity contribution in [3.8, 4) is 5.75 Å². The molecule has 0 atom stereocenters. The summed E-state index contributed by atoms with van der Waals surface area (Å²) >= 11 is 3.45. The zero-order chi connectivity index (χ0) is 12.8. The molecule has 0 amide bonds. The van der Waals surface area contributed by atoms with E-state index in [9.17, 15) is 0 Å². The van der Waals surface area contributed by atoms with E-state index in [0.29, 0.717) is 0 Å². The van der Waals surface area contributed by atoms with E-state index < -0.39 is 0 Å². The lowest BCUT2D eigenvalue weighted by atomic mass is 10.2. The predicted octanol–water partition coefficient (Wildman–Crippen LogP) is 2.69. The number of nitrogens with one attached hydrogen (secondary N) is 2. The summed E-state index contributed by atoms with van der Waals surface area (Å²) in [6.07, 6.45) is 3.91. The molecule has 0 heterocycles. The number of hydrogen-bond donors (Lipinski definition) is 2. The molecule has 0 unspecified atom stereocenters. The van der Waals surface area contributed by atoms with Crippen LogP contribution in [0.25, 0.3) is 0 Å². The molecule has 1 aromatic carbocycles. The number of methoxy groups -OCH3 is 1. The van der Waals surface area contributed by atoms with Crippen LogP contribution in [0.3, 0.4) is 0 Å². The van der Waals surface area contributed by atoms with Gasteiger partial charge in [-0.25, -0.2) is 0 Å². The summed E-state index contributed by atoms with van der Waals surface area (Å²) in [5, 5.41) is 6.97. The molecule has 1 fully saturated rings. The molecule has 1 saturated carbocycles.